The zero-order chi connectivity index (χ0) is 17.9. The molecule has 0 saturated carbocycles. The van der Waals surface area contributed by atoms with Crippen LogP contribution in [0.2, 0.25) is 0 Å². The Hall–Kier alpha value is -1.86. The molecule has 5 nitrogen and oxygen atoms in total. The fourth-order valence-corrected chi connectivity index (χ4v) is 3.76. The highest BCUT2D eigenvalue weighted by Gasteiger charge is 2.23. The minimum Gasteiger partial charge on any atom is -0.494 e. The van der Waals surface area contributed by atoms with Gasteiger partial charge in [0, 0.05) is 25.0 Å². The standard InChI is InChI=1S/C18H23BN2O3S/c1-25(22,23)21-9-8-14-11-18(7-4-15(14)13-21)24-10-2-3-17-6-5-16(19)12-20-17/h4-7,11-12H,2-3,8-10,13,19H2,1H3. The number of rotatable bonds is 6. The number of sulfonamides is 1. The number of benzene rings is 1. The topological polar surface area (TPSA) is 59.5 Å². The van der Waals surface area contributed by atoms with Gasteiger partial charge in [0.1, 0.15) is 13.6 Å². The third-order valence-electron chi connectivity index (χ3n) is 4.44. The lowest BCUT2D eigenvalue weighted by atomic mass is 9.98. The first kappa shape index (κ1) is 18.0. The van der Waals surface area contributed by atoms with Crippen molar-refractivity contribution in [3.8, 4) is 5.75 Å². The monoisotopic (exact) mass is 358 g/mol. The van der Waals surface area contributed by atoms with E-state index < -0.39 is 10.0 Å². The summed E-state index contributed by atoms with van der Waals surface area (Å²) in [6.07, 6.45) is 5.69. The van der Waals surface area contributed by atoms with E-state index >= 15 is 0 Å². The van der Waals surface area contributed by atoms with Gasteiger partial charge in [-0.2, -0.15) is 4.31 Å². The van der Waals surface area contributed by atoms with Crippen LogP contribution in [0.1, 0.15) is 23.2 Å². The Morgan fingerprint density at radius 3 is 2.80 bits per heavy atom. The van der Waals surface area contributed by atoms with Crippen LogP contribution >= 0.6 is 0 Å². The van der Waals surface area contributed by atoms with E-state index in [1.807, 2.05) is 32.2 Å². The van der Waals surface area contributed by atoms with Crippen molar-refractivity contribution >= 4 is 23.3 Å². The van der Waals surface area contributed by atoms with Gasteiger partial charge in [-0.1, -0.05) is 17.6 Å². The van der Waals surface area contributed by atoms with E-state index in [-0.39, 0.29) is 0 Å². The van der Waals surface area contributed by atoms with Crippen LogP contribution in [-0.2, 0) is 29.4 Å². The predicted octanol–water partition coefficient (Wildman–Crippen LogP) is 0.669. The van der Waals surface area contributed by atoms with Gasteiger partial charge in [0.15, 0.2) is 0 Å². The lowest BCUT2D eigenvalue weighted by Crippen LogP contribution is -2.35. The molecule has 2 heterocycles. The second-order valence-electron chi connectivity index (χ2n) is 6.56. The molecule has 0 fully saturated rings. The quantitative estimate of drug-likeness (QED) is 0.563. The first-order valence-electron chi connectivity index (χ1n) is 8.53. The molecule has 2 aromatic rings. The molecule has 132 valence electrons. The van der Waals surface area contributed by atoms with Gasteiger partial charge in [0.05, 0.1) is 12.9 Å². The molecule has 1 aliphatic heterocycles. The number of fused-ring (bicyclic) bond motifs is 1. The fraction of sp³-hybridized carbons (Fsp3) is 0.389. The van der Waals surface area contributed by atoms with E-state index in [9.17, 15) is 8.42 Å². The summed E-state index contributed by atoms with van der Waals surface area (Å²) >= 11 is 0. The van der Waals surface area contributed by atoms with E-state index in [1.165, 1.54) is 21.6 Å². The lowest BCUT2D eigenvalue weighted by Gasteiger charge is -2.27. The number of nitrogens with zero attached hydrogens (tertiary/aromatic N) is 2. The van der Waals surface area contributed by atoms with Crippen molar-refractivity contribution in [3.63, 3.8) is 0 Å². The summed E-state index contributed by atoms with van der Waals surface area (Å²) in [5.74, 6) is 0.850. The highest BCUT2D eigenvalue weighted by atomic mass is 32.2. The average molecular weight is 358 g/mol. The number of hydrogen-bond donors (Lipinski definition) is 0. The SMILES string of the molecule is Bc1ccc(CCCOc2ccc3c(c2)CCN(S(C)(=O)=O)C3)nc1. The summed E-state index contributed by atoms with van der Waals surface area (Å²) in [5.41, 5.74) is 4.49. The minimum absolute atomic E-state index is 0.452. The van der Waals surface area contributed by atoms with Crippen molar-refractivity contribution in [2.45, 2.75) is 25.8 Å². The predicted molar refractivity (Wildman–Crippen MR) is 102 cm³/mol. The zero-order valence-electron chi connectivity index (χ0n) is 14.7. The molecule has 0 radical (unpaired) electrons. The normalized spacial score (nSPS) is 14.9. The summed E-state index contributed by atoms with van der Waals surface area (Å²) in [7, 11) is -1.10. The molecule has 0 spiro atoms. The van der Waals surface area contributed by atoms with Crippen molar-refractivity contribution < 1.29 is 13.2 Å². The summed E-state index contributed by atoms with van der Waals surface area (Å²) in [6, 6.07) is 10.1. The molecular weight excluding hydrogens is 335 g/mol. The highest BCUT2D eigenvalue weighted by Crippen LogP contribution is 2.25. The Labute approximate surface area is 150 Å². The van der Waals surface area contributed by atoms with Crippen molar-refractivity contribution in [1.82, 2.24) is 9.29 Å². The van der Waals surface area contributed by atoms with Crippen LogP contribution in [0.4, 0.5) is 0 Å². The van der Waals surface area contributed by atoms with Gasteiger partial charge in [-0.3, -0.25) is 4.98 Å². The van der Waals surface area contributed by atoms with E-state index in [1.54, 1.807) is 0 Å². The molecule has 1 aromatic carbocycles. The molecule has 25 heavy (non-hydrogen) atoms. The number of ether oxygens (including phenoxy) is 1. The Bertz CT molecular complexity index is 838. The summed E-state index contributed by atoms with van der Waals surface area (Å²) in [6.45, 7) is 1.63. The molecule has 0 amide bonds. The molecule has 0 unspecified atom stereocenters. The molecule has 0 saturated heterocycles. The fourth-order valence-electron chi connectivity index (χ4n) is 2.97. The van der Waals surface area contributed by atoms with Crippen molar-refractivity contribution in [2.75, 3.05) is 19.4 Å². The molecule has 3 rings (SSSR count). The van der Waals surface area contributed by atoms with Gasteiger partial charge in [0.2, 0.25) is 10.0 Å². The number of hydrogen-bond acceptors (Lipinski definition) is 4. The molecule has 0 atom stereocenters. The summed E-state index contributed by atoms with van der Waals surface area (Å²) in [4.78, 5) is 4.40. The van der Waals surface area contributed by atoms with E-state index in [0.717, 1.165) is 36.3 Å². The second kappa shape index (κ2) is 7.58. The second-order valence-corrected chi connectivity index (χ2v) is 8.54. The maximum Gasteiger partial charge on any atom is 0.211 e. The highest BCUT2D eigenvalue weighted by molar-refractivity contribution is 7.88. The van der Waals surface area contributed by atoms with Crippen LogP contribution in [0.3, 0.4) is 0 Å². The Morgan fingerprint density at radius 1 is 1.24 bits per heavy atom. The largest absolute Gasteiger partial charge is 0.494 e. The molecule has 0 aliphatic carbocycles. The van der Waals surface area contributed by atoms with Crippen LogP contribution < -0.4 is 10.2 Å². The molecular formula is C18H23BN2O3S. The van der Waals surface area contributed by atoms with Crippen molar-refractivity contribution in [2.24, 2.45) is 0 Å². The van der Waals surface area contributed by atoms with E-state index in [4.69, 9.17) is 4.74 Å². The summed E-state index contributed by atoms with van der Waals surface area (Å²) < 4.78 is 30.7. The Balaban J connectivity index is 1.52. The maximum absolute atomic E-state index is 11.7. The first-order valence-corrected chi connectivity index (χ1v) is 10.4. The molecule has 1 aliphatic rings. The lowest BCUT2D eigenvalue weighted by molar-refractivity contribution is 0.309. The van der Waals surface area contributed by atoms with Gasteiger partial charge in [-0.25, -0.2) is 8.42 Å². The van der Waals surface area contributed by atoms with Gasteiger partial charge >= 0.3 is 0 Å². The third kappa shape index (κ3) is 4.83. The number of pyridine rings is 1. The molecule has 0 N–H and O–H groups in total. The van der Waals surface area contributed by atoms with Gasteiger partial charge in [0.25, 0.3) is 0 Å². The van der Waals surface area contributed by atoms with Crippen LogP contribution in [0.5, 0.6) is 5.75 Å². The van der Waals surface area contributed by atoms with E-state index in [0.29, 0.717) is 19.7 Å². The molecule has 7 heteroatoms. The maximum atomic E-state index is 11.7. The zero-order valence-corrected chi connectivity index (χ0v) is 15.6. The van der Waals surface area contributed by atoms with Crippen LogP contribution in [0.25, 0.3) is 0 Å². The van der Waals surface area contributed by atoms with Gasteiger partial charge < -0.3 is 4.74 Å². The van der Waals surface area contributed by atoms with Crippen LogP contribution in [0.15, 0.2) is 36.5 Å². The van der Waals surface area contributed by atoms with E-state index in [2.05, 4.69) is 17.1 Å². The average Bonchev–Trinajstić information content (AvgIpc) is 2.59. The molecule has 1 aromatic heterocycles. The first-order chi connectivity index (χ1) is 11.9. The molecule has 0 bridgehead atoms. The Morgan fingerprint density at radius 2 is 2.08 bits per heavy atom. The minimum atomic E-state index is -3.13. The van der Waals surface area contributed by atoms with Crippen LogP contribution in [-0.4, -0.2) is 45.0 Å². The summed E-state index contributed by atoms with van der Waals surface area (Å²) in [5, 5.41) is 0. The van der Waals surface area contributed by atoms with Crippen LogP contribution in [0, 0.1) is 0 Å². The smallest absolute Gasteiger partial charge is 0.211 e. The Kier molecular flexibility index (Phi) is 5.44. The number of aryl methyl sites for hydroxylation is 1. The van der Waals surface area contributed by atoms with Crippen molar-refractivity contribution in [1.29, 1.82) is 0 Å². The van der Waals surface area contributed by atoms with Gasteiger partial charge in [-0.15, -0.1) is 0 Å². The number of aromatic nitrogens is 1. The van der Waals surface area contributed by atoms with Crippen molar-refractivity contribution in [3.05, 3.63) is 53.3 Å². The third-order valence-corrected chi connectivity index (χ3v) is 5.69. The van der Waals surface area contributed by atoms with Gasteiger partial charge in [-0.05, 0) is 48.6 Å².